The summed E-state index contributed by atoms with van der Waals surface area (Å²) in [6.45, 7) is 2.97. The van der Waals surface area contributed by atoms with E-state index in [4.69, 9.17) is 0 Å². The first-order valence-electron chi connectivity index (χ1n) is 7.28. The molecular formula is C15H21FN2O2. The summed E-state index contributed by atoms with van der Waals surface area (Å²) in [5.41, 5.74) is 0.143. The fraction of sp³-hybridized carbons (Fsp3) is 0.600. The van der Waals surface area contributed by atoms with E-state index in [1.165, 1.54) is 44.2 Å². The fourth-order valence-corrected chi connectivity index (χ4v) is 2.86. The number of non-ortho nitro benzene ring substituents is 1. The van der Waals surface area contributed by atoms with Crippen LogP contribution in [0.4, 0.5) is 15.8 Å². The Balaban J connectivity index is 1.87. The van der Waals surface area contributed by atoms with Gasteiger partial charge in [-0.1, -0.05) is 26.2 Å². The summed E-state index contributed by atoms with van der Waals surface area (Å²) in [6, 6.07) is 3.75. The van der Waals surface area contributed by atoms with Crippen molar-refractivity contribution in [2.75, 3.05) is 11.9 Å². The average molecular weight is 280 g/mol. The van der Waals surface area contributed by atoms with Gasteiger partial charge in [0, 0.05) is 12.6 Å². The third-order valence-electron chi connectivity index (χ3n) is 4.29. The first-order valence-corrected chi connectivity index (χ1v) is 7.28. The first kappa shape index (κ1) is 14.8. The highest BCUT2D eigenvalue weighted by Crippen LogP contribution is 2.31. The third kappa shape index (κ3) is 3.68. The Morgan fingerprint density at radius 1 is 1.30 bits per heavy atom. The lowest BCUT2D eigenvalue weighted by atomic mass is 9.81. The molecule has 0 unspecified atom stereocenters. The van der Waals surface area contributed by atoms with E-state index in [-0.39, 0.29) is 5.69 Å². The number of hydrogen-bond donors (Lipinski definition) is 1. The van der Waals surface area contributed by atoms with E-state index in [2.05, 4.69) is 12.2 Å². The zero-order valence-electron chi connectivity index (χ0n) is 11.8. The van der Waals surface area contributed by atoms with Gasteiger partial charge < -0.3 is 5.32 Å². The van der Waals surface area contributed by atoms with Crippen molar-refractivity contribution in [3.8, 4) is 0 Å². The Morgan fingerprint density at radius 3 is 2.50 bits per heavy atom. The van der Waals surface area contributed by atoms with Crippen LogP contribution in [0, 0.1) is 27.8 Å². The molecule has 0 heterocycles. The molecular weight excluding hydrogens is 259 g/mol. The summed E-state index contributed by atoms with van der Waals surface area (Å²) in [5.74, 6) is 0.871. The molecule has 110 valence electrons. The lowest BCUT2D eigenvalue weighted by molar-refractivity contribution is -0.385. The molecule has 1 aliphatic rings. The van der Waals surface area contributed by atoms with Gasteiger partial charge in [0.05, 0.1) is 16.7 Å². The molecule has 0 atom stereocenters. The van der Waals surface area contributed by atoms with Crippen LogP contribution >= 0.6 is 0 Å². The van der Waals surface area contributed by atoms with E-state index in [0.717, 1.165) is 18.5 Å². The summed E-state index contributed by atoms with van der Waals surface area (Å²) in [4.78, 5) is 9.96. The van der Waals surface area contributed by atoms with Crippen molar-refractivity contribution in [3.63, 3.8) is 0 Å². The number of rotatable bonds is 5. The second kappa shape index (κ2) is 6.68. The van der Waals surface area contributed by atoms with Gasteiger partial charge in [-0.15, -0.1) is 0 Å². The number of hydrogen-bond acceptors (Lipinski definition) is 3. The summed E-state index contributed by atoms with van der Waals surface area (Å²) in [5, 5.41) is 13.6. The number of nitro benzene ring substituents is 1. The van der Waals surface area contributed by atoms with Crippen LogP contribution in [0.15, 0.2) is 18.2 Å². The number of nitrogens with one attached hydrogen (secondary N) is 1. The van der Waals surface area contributed by atoms with Gasteiger partial charge in [-0.05, 0) is 30.7 Å². The smallest absolute Gasteiger partial charge is 0.272 e. The monoisotopic (exact) mass is 280 g/mol. The molecule has 1 N–H and O–H groups in total. The van der Waals surface area contributed by atoms with Crippen LogP contribution in [0.3, 0.4) is 0 Å². The SMILES string of the molecule is CCC1CCC(CNc2ccc([N+](=O)[O-])cc2F)CC1. The van der Waals surface area contributed by atoms with Crippen molar-refractivity contribution in [1.29, 1.82) is 0 Å². The van der Waals surface area contributed by atoms with E-state index in [1.807, 2.05) is 0 Å². The maximum atomic E-state index is 13.7. The van der Waals surface area contributed by atoms with Crippen LogP contribution in [0.2, 0.25) is 0 Å². The van der Waals surface area contributed by atoms with Gasteiger partial charge in [-0.25, -0.2) is 4.39 Å². The second-order valence-corrected chi connectivity index (χ2v) is 5.60. The zero-order chi connectivity index (χ0) is 14.5. The highest BCUT2D eigenvalue weighted by Gasteiger charge is 2.20. The van der Waals surface area contributed by atoms with Gasteiger partial charge in [0.2, 0.25) is 0 Å². The molecule has 1 fully saturated rings. The standard InChI is InChI=1S/C15H21FN2O2/c1-2-11-3-5-12(6-4-11)10-17-15-8-7-13(18(19)20)9-14(15)16/h7-9,11-12,17H,2-6,10H2,1H3. The Morgan fingerprint density at radius 2 is 1.95 bits per heavy atom. The number of benzene rings is 1. The van der Waals surface area contributed by atoms with Crippen molar-refractivity contribution in [2.45, 2.75) is 39.0 Å². The second-order valence-electron chi connectivity index (χ2n) is 5.60. The molecule has 0 aromatic heterocycles. The van der Waals surface area contributed by atoms with E-state index < -0.39 is 10.7 Å². The molecule has 0 aliphatic heterocycles. The molecule has 0 bridgehead atoms. The van der Waals surface area contributed by atoms with Crippen LogP contribution in [0.5, 0.6) is 0 Å². The van der Waals surface area contributed by atoms with Crippen molar-refractivity contribution in [1.82, 2.24) is 0 Å². The number of nitro groups is 1. The molecule has 5 heteroatoms. The van der Waals surface area contributed by atoms with E-state index in [9.17, 15) is 14.5 Å². The summed E-state index contributed by atoms with van der Waals surface area (Å²) in [6.07, 6.45) is 6.12. The predicted molar refractivity (Wildman–Crippen MR) is 77.3 cm³/mol. The van der Waals surface area contributed by atoms with Gasteiger partial charge in [0.1, 0.15) is 0 Å². The predicted octanol–water partition coefficient (Wildman–Crippen LogP) is 4.36. The molecule has 0 radical (unpaired) electrons. The molecule has 1 aromatic carbocycles. The van der Waals surface area contributed by atoms with Crippen LogP contribution in [0.1, 0.15) is 39.0 Å². The third-order valence-corrected chi connectivity index (χ3v) is 4.29. The van der Waals surface area contributed by atoms with Gasteiger partial charge in [-0.3, -0.25) is 10.1 Å². The average Bonchev–Trinajstić information content (AvgIpc) is 2.46. The maximum Gasteiger partial charge on any atom is 0.272 e. The highest BCUT2D eigenvalue weighted by atomic mass is 19.1. The fourth-order valence-electron chi connectivity index (χ4n) is 2.86. The van der Waals surface area contributed by atoms with Gasteiger partial charge in [-0.2, -0.15) is 0 Å². The Kier molecular flexibility index (Phi) is 4.93. The quantitative estimate of drug-likeness (QED) is 0.644. The minimum absolute atomic E-state index is 0.212. The molecule has 20 heavy (non-hydrogen) atoms. The molecule has 0 spiro atoms. The van der Waals surface area contributed by atoms with E-state index >= 15 is 0 Å². The Hall–Kier alpha value is -1.65. The number of anilines is 1. The molecule has 0 saturated heterocycles. The van der Waals surface area contributed by atoms with Crippen molar-refractivity contribution < 1.29 is 9.31 Å². The highest BCUT2D eigenvalue weighted by molar-refractivity contribution is 5.50. The largest absolute Gasteiger partial charge is 0.382 e. The topological polar surface area (TPSA) is 55.2 Å². The van der Waals surface area contributed by atoms with E-state index in [0.29, 0.717) is 11.6 Å². The van der Waals surface area contributed by atoms with Crippen molar-refractivity contribution in [2.24, 2.45) is 11.8 Å². The van der Waals surface area contributed by atoms with Gasteiger partial charge in [0.15, 0.2) is 5.82 Å². The lowest BCUT2D eigenvalue weighted by Crippen LogP contribution is -2.21. The molecule has 1 aliphatic carbocycles. The van der Waals surface area contributed by atoms with Gasteiger partial charge >= 0.3 is 0 Å². The molecule has 1 aromatic rings. The molecule has 4 nitrogen and oxygen atoms in total. The maximum absolute atomic E-state index is 13.7. The minimum Gasteiger partial charge on any atom is -0.382 e. The van der Waals surface area contributed by atoms with Crippen LogP contribution in [-0.2, 0) is 0 Å². The normalized spacial score (nSPS) is 22.5. The van der Waals surface area contributed by atoms with Crippen LogP contribution in [-0.4, -0.2) is 11.5 Å². The molecule has 1 saturated carbocycles. The van der Waals surface area contributed by atoms with E-state index in [1.54, 1.807) is 0 Å². The lowest BCUT2D eigenvalue weighted by Gasteiger charge is -2.28. The van der Waals surface area contributed by atoms with Crippen LogP contribution in [0.25, 0.3) is 0 Å². The molecule has 2 rings (SSSR count). The summed E-state index contributed by atoms with van der Waals surface area (Å²) >= 11 is 0. The van der Waals surface area contributed by atoms with Crippen molar-refractivity contribution >= 4 is 11.4 Å². The van der Waals surface area contributed by atoms with Crippen molar-refractivity contribution in [3.05, 3.63) is 34.1 Å². The zero-order valence-corrected chi connectivity index (χ0v) is 11.8. The Labute approximate surface area is 118 Å². The van der Waals surface area contributed by atoms with Crippen LogP contribution < -0.4 is 5.32 Å². The number of halogens is 1. The minimum atomic E-state index is -0.584. The Bertz CT molecular complexity index is 471. The number of nitrogens with zero attached hydrogens (tertiary/aromatic N) is 1. The summed E-state index contributed by atoms with van der Waals surface area (Å²) < 4.78 is 13.7. The molecule has 0 amide bonds. The first-order chi connectivity index (χ1) is 9.60. The van der Waals surface area contributed by atoms with Gasteiger partial charge in [0.25, 0.3) is 5.69 Å². The summed E-state index contributed by atoms with van der Waals surface area (Å²) in [7, 11) is 0.